The van der Waals surface area contributed by atoms with Crippen molar-refractivity contribution in [2.24, 2.45) is 0 Å². The Kier molecular flexibility index (Phi) is 5.83. The molecule has 0 radical (unpaired) electrons. The minimum absolute atomic E-state index is 0.881. The second kappa shape index (κ2) is 6.68. The van der Waals surface area contributed by atoms with Crippen LogP contribution >= 0.6 is 11.8 Å². The summed E-state index contributed by atoms with van der Waals surface area (Å²) in [4.78, 5) is 2.25. The number of hydrogen-bond donors (Lipinski definition) is 1. The van der Waals surface area contributed by atoms with E-state index in [9.17, 15) is 0 Å². The highest BCUT2D eigenvalue weighted by atomic mass is 32.2. The molecule has 0 amide bonds. The summed E-state index contributed by atoms with van der Waals surface area (Å²) in [5, 5.41) is 3.53. The van der Waals surface area contributed by atoms with E-state index in [0.29, 0.717) is 0 Å². The van der Waals surface area contributed by atoms with Crippen LogP contribution in [-0.2, 0) is 0 Å². The summed E-state index contributed by atoms with van der Waals surface area (Å²) in [6.07, 6.45) is 4.15. The van der Waals surface area contributed by atoms with Crippen LogP contribution in [0.3, 0.4) is 0 Å². The molecule has 13 heavy (non-hydrogen) atoms. The molecule has 1 fully saturated rings. The molecule has 1 aliphatic rings. The van der Waals surface area contributed by atoms with Gasteiger partial charge in [0.1, 0.15) is 0 Å². The lowest BCUT2D eigenvalue weighted by molar-refractivity contribution is 0.437. The second-order valence-electron chi connectivity index (χ2n) is 4.00. The molecule has 0 aliphatic heterocycles. The van der Waals surface area contributed by atoms with E-state index >= 15 is 0 Å². The van der Waals surface area contributed by atoms with E-state index in [1.54, 1.807) is 0 Å². The van der Waals surface area contributed by atoms with Crippen molar-refractivity contribution >= 4 is 11.8 Å². The zero-order valence-corrected chi connectivity index (χ0v) is 9.70. The van der Waals surface area contributed by atoms with Crippen molar-refractivity contribution in [2.45, 2.75) is 25.3 Å². The Bertz CT molecular complexity index is 118. The molecule has 78 valence electrons. The standard InChI is InChI=1S/C10H22N2S/c1-12(2)7-9-13-8-3-6-11-10-4-5-10/h10-11H,3-9H2,1-2H3. The van der Waals surface area contributed by atoms with E-state index in [-0.39, 0.29) is 0 Å². The van der Waals surface area contributed by atoms with Crippen LogP contribution < -0.4 is 5.32 Å². The fraction of sp³-hybridized carbons (Fsp3) is 1.00. The van der Waals surface area contributed by atoms with Crippen molar-refractivity contribution < 1.29 is 0 Å². The highest BCUT2D eigenvalue weighted by molar-refractivity contribution is 7.99. The molecule has 1 N–H and O–H groups in total. The van der Waals surface area contributed by atoms with Crippen LogP contribution in [-0.4, -0.2) is 49.6 Å². The third-order valence-corrected chi connectivity index (χ3v) is 3.21. The van der Waals surface area contributed by atoms with Gasteiger partial charge in [0.15, 0.2) is 0 Å². The lowest BCUT2D eigenvalue weighted by Crippen LogP contribution is -2.18. The molecule has 3 heteroatoms. The summed E-state index contributed by atoms with van der Waals surface area (Å²) in [5.74, 6) is 2.59. The fourth-order valence-corrected chi connectivity index (χ4v) is 2.16. The third-order valence-electron chi connectivity index (χ3n) is 2.16. The molecule has 0 heterocycles. The van der Waals surface area contributed by atoms with Crippen LogP contribution in [0.15, 0.2) is 0 Å². The molecule has 0 unspecified atom stereocenters. The van der Waals surface area contributed by atoms with Gasteiger partial charge in [-0.3, -0.25) is 0 Å². The van der Waals surface area contributed by atoms with Crippen molar-refractivity contribution in [3.05, 3.63) is 0 Å². The topological polar surface area (TPSA) is 15.3 Å². The molecule has 0 saturated heterocycles. The van der Waals surface area contributed by atoms with Gasteiger partial charge >= 0.3 is 0 Å². The molecule has 0 bridgehead atoms. The normalized spacial score (nSPS) is 16.8. The second-order valence-corrected chi connectivity index (χ2v) is 5.22. The Morgan fingerprint density at radius 2 is 2.08 bits per heavy atom. The fourth-order valence-electron chi connectivity index (χ4n) is 1.12. The SMILES string of the molecule is CN(C)CCSCCCNC1CC1. The zero-order valence-electron chi connectivity index (χ0n) is 8.88. The first kappa shape index (κ1) is 11.3. The molecule has 0 aromatic carbocycles. The molecule has 1 saturated carbocycles. The summed E-state index contributed by atoms with van der Waals surface area (Å²) in [6, 6.07) is 0.881. The lowest BCUT2D eigenvalue weighted by atomic mass is 10.5. The molecule has 1 aliphatic carbocycles. The summed E-state index contributed by atoms with van der Waals surface area (Å²) in [7, 11) is 4.27. The van der Waals surface area contributed by atoms with Crippen molar-refractivity contribution in [1.29, 1.82) is 0 Å². The van der Waals surface area contributed by atoms with Crippen LogP contribution in [0.5, 0.6) is 0 Å². The molecule has 0 aromatic heterocycles. The van der Waals surface area contributed by atoms with Crippen molar-refractivity contribution in [3.63, 3.8) is 0 Å². The smallest absolute Gasteiger partial charge is 0.00682 e. The van der Waals surface area contributed by atoms with E-state index in [1.165, 1.54) is 43.9 Å². The highest BCUT2D eigenvalue weighted by Crippen LogP contribution is 2.18. The largest absolute Gasteiger partial charge is 0.314 e. The summed E-state index contributed by atoms with van der Waals surface area (Å²) >= 11 is 2.07. The predicted octanol–water partition coefficient (Wildman–Crippen LogP) is 1.42. The van der Waals surface area contributed by atoms with Gasteiger partial charge in [0.05, 0.1) is 0 Å². The zero-order chi connectivity index (χ0) is 9.52. The molecular formula is C10H22N2S. The summed E-state index contributed by atoms with van der Waals surface area (Å²) in [5.41, 5.74) is 0. The van der Waals surface area contributed by atoms with Crippen molar-refractivity contribution in [2.75, 3.05) is 38.7 Å². The summed E-state index contributed by atoms with van der Waals surface area (Å²) < 4.78 is 0. The van der Waals surface area contributed by atoms with Crippen LogP contribution in [0.2, 0.25) is 0 Å². The monoisotopic (exact) mass is 202 g/mol. The molecule has 0 atom stereocenters. The number of thioether (sulfide) groups is 1. The van der Waals surface area contributed by atoms with Crippen LogP contribution in [0.25, 0.3) is 0 Å². The first-order chi connectivity index (χ1) is 6.29. The summed E-state index contributed by atoms with van der Waals surface area (Å²) in [6.45, 7) is 2.43. The van der Waals surface area contributed by atoms with E-state index in [2.05, 4.69) is 36.1 Å². The van der Waals surface area contributed by atoms with Gasteiger partial charge in [-0.15, -0.1) is 0 Å². The Labute approximate surface area is 86.5 Å². The molecular weight excluding hydrogens is 180 g/mol. The third kappa shape index (κ3) is 7.35. The first-order valence-corrected chi connectivity index (χ1v) is 6.40. The maximum atomic E-state index is 3.53. The van der Waals surface area contributed by atoms with Crippen LogP contribution in [0, 0.1) is 0 Å². The minimum Gasteiger partial charge on any atom is -0.314 e. The molecule has 2 nitrogen and oxygen atoms in total. The number of nitrogens with zero attached hydrogens (tertiary/aromatic N) is 1. The Hall–Kier alpha value is 0.270. The Morgan fingerprint density at radius 3 is 2.69 bits per heavy atom. The van der Waals surface area contributed by atoms with Gasteiger partial charge in [0.25, 0.3) is 0 Å². The van der Waals surface area contributed by atoms with Gasteiger partial charge in [-0.2, -0.15) is 11.8 Å². The number of nitrogens with one attached hydrogen (secondary N) is 1. The quantitative estimate of drug-likeness (QED) is 0.599. The molecule has 1 rings (SSSR count). The van der Waals surface area contributed by atoms with E-state index in [1.807, 2.05) is 0 Å². The molecule has 0 aromatic rings. The van der Waals surface area contributed by atoms with E-state index in [4.69, 9.17) is 0 Å². The first-order valence-electron chi connectivity index (χ1n) is 5.25. The van der Waals surface area contributed by atoms with Gasteiger partial charge < -0.3 is 10.2 Å². The maximum Gasteiger partial charge on any atom is 0.00682 e. The van der Waals surface area contributed by atoms with Crippen LogP contribution in [0.4, 0.5) is 0 Å². The number of hydrogen-bond acceptors (Lipinski definition) is 3. The average Bonchev–Trinajstić information content (AvgIpc) is 2.86. The average molecular weight is 202 g/mol. The van der Waals surface area contributed by atoms with Gasteiger partial charge in [0.2, 0.25) is 0 Å². The Morgan fingerprint density at radius 1 is 1.31 bits per heavy atom. The minimum atomic E-state index is 0.881. The predicted molar refractivity (Wildman–Crippen MR) is 61.5 cm³/mol. The number of rotatable bonds is 8. The highest BCUT2D eigenvalue weighted by Gasteiger charge is 2.19. The van der Waals surface area contributed by atoms with Crippen molar-refractivity contribution in [1.82, 2.24) is 10.2 Å². The van der Waals surface area contributed by atoms with E-state index in [0.717, 1.165) is 6.04 Å². The maximum absolute atomic E-state index is 3.53. The lowest BCUT2D eigenvalue weighted by Gasteiger charge is -2.08. The Balaban J connectivity index is 1.68. The van der Waals surface area contributed by atoms with Gasteiger partial charge in [0, 0.05) is 18.3 Å². The van der Waals surface area contributed by atoms with Gasteiger partial charge in [-0.1, -0.05) is 0 Å². The van der Waals surface area contributed by atoms with Gasteiger partial charge in [-0.25, -0.2) is 0 Å². The van der Waals surface area contributed by atoms with E-state index < -0.39 is 0 Å². The van der Waals surface area contributed by atoms with Gasteiger partial charge in [-0.05, 0) is 45.7 Å². The van der Waals surface area contributed by atoms with Crippen molar-refractivity contribution in [3.8, 4) is 0 Å². The van der Waals surface area contributed by atoms with Crippen LogP contribution in [0.1, 0.15) is 19.3 Å². The molecule has 0 spiro atoms.